The van der Waals surface area contributed by atoms with Crippen molar-refractivity contribution in [2.24, 2.45) is 29.6 Å². The second kappa shape index (κ2) is 6.99. The van der Waals surface area contributed by atoms with Gasteiger partial charge in [-0.3, -0.25) is 9.59 Å². The number of benzene rings is 1. The molecule has 0 aromatic heterocycles. The van der Waals surface area contributed by atoms with Crippen LogP contribution in [0.1, 0.15) is 19.8 Å². The summed E-state index contributed by atoms with van der Waals surface area (Å²) in [6, 6.07) is 6.83. The molecule has 7 atom stereocenters. The summed E-state index contributed by atoms with van der Waals surface area (Å²) in [4.78, 5) is 25.9. The predicted molar refractivity (Wildman–Crippen MR) is 101 cm³/mol. The number of aromatic hydroxyl groups is 1. The van der Waals surface area contributed by atoms with E-state index in [1.165, 1.54) is 11.8 Å². The number of fused-ring (bicyclic) bond motifs is 3. The van der Waals surface area contributed by atoms with Crippen LogP contribution in [0.3, 0.4) is 0 Å². The number of aliphatic hydroxyl groups excluding tert-OH is 1. The predicted octanol–water partition coefficient (Wildman–Crippen LogP) is 2.80. The van der Waals surface area contributed by atoms with Crippen LogP contribution in [0.4, 0.5) is 0 Å². The number of ketones is 1. The number of hydrogen-bond acceptors (Lipinski definition) is 6. The smallest absolute Gasteiger partial charge is 0.310 e. The lowest BCUT2D eigenvalue weighted by Crippen LogP contribution is -2.38. The normalized spacial score (nSPS) is 38.3. The molecule has 2 saturated carbocycles. The van der Waals surface area contributed by atoms with E-state index in [0.717, 1.165) is 10.5 Å². The summed E-state index contributed by atoms with van der Waals surface area (Å²) < 4.78 is 5.77. The van der Waals surface area contributed by atoms with Crippen molar-refractivity contribution in [2.75, 3.05) is 5.75 Å². The van der Waals surface area contributed by atoms with Gasteiger partial charge in [0.05, 0.1) is 12.0 Å². The zero-order valence-corrected chi connectivity index (χ0v) is 16.0. The number of rotatable bonds is 3. The topological polar surface area (TPSA) is 83.8 Å². The molecule has 0 radical (unpaired) electrons. The first kappa shape index (κ1) is 18.6. The van der Waals surface area contributed by atoms with Gasteiger partial charge in [0, 0.05) is 34.8 Å². The molecular formula is C21H24O5S. The molecule has 1 aromatic carbocycles. The molecule has 1 saturated heterocycles. The minimum Gasteiger partial charge on any atom is -0.508 e. The number of thioether (sulfide) groups is 1. The zero-order valence-electron chi connectivity index (χ0n) is 15.2. The van der Waals surface area contributed by atoms with Gasteiger partial charge in [-0.1, -0.05) is 19.1 Å². The van der Waals surface area contributed by atoms with Crippen LogP contribution in [0.25, 0.3) is 0 Å². The number of esters is 1. The van der Waals surface area contributed by atoms with Crippen molar-refractivity contribution in [3.8, 4) is 5.75 Å². The van der Waals surface area contributed by atoms with Crippen molar-refractivity contribution in [2.45, 2.75) is 36.9 Å². The molecule has 1 aliphatic heterocycles. The van der Waals surface area contributed by atoms with Crippen LogP contribution in [0.2, 0.25) is 0 Å². The summed E-state index contributed by atoms with van der Waals surface area (Å²) in [5, 5.41) is 20.2. The molecule has 0 spiro atoms. The summed E-state index contributed by atoms with van der Waals surface area (Å²) in [5.74, 6) is -0.404. The minimum absolute atomic E-state index is 0.00606. The van der Waals surface area contributed by atoms with Gasteiger partial charge in [-0.15, -0.1) is 11.8 Å². The Bertz CT molecular complexity index is 773. The van der Waals surface area contributed by atoms with E-state index in [9.17, 15) is 19.8 Å². The fraction of sp³-hybridized carbons (Fsp3) is 0.524. The third kappa shape index (κ3) is 3.19. The van der Waals surface area contributed by atoms with E-state index in [2.05, 4.69) is 6.58 Å². The number of phenols is 1. The largest absolute Gasteiger partial charge is 0.508 e. The molecule has 0 unspecified atom stereocenters. The number of ether oxygens (including phenoxy) is 1. The zero-order chi connectivity index (χ0) is 19.3. The molecule has 0 bridgehead atoms. The molecule has 6 heteroatoms. The van der Waals surface area contributed by atoms with E-state index < -0.39 is 18.1 Å². The highest BCUT2D eigenvalue weighted by Gasteiger charge is 2.58. The third-order valence-electron chi connectivity index (χ3n) is 6.46. The maximum absolute atomic E-state index is 12.6. The molecule has 1 aromatic rings. The Morgan fingerprint density at radius 1 is 1.19 bits per heavy atom. The SMILES string of the molecule is C=C1C[C@H](O)[C@@H]2[C@@H](OC(=O)[C@H]2CSc2ccc(O)cc2)[C@H]2[C@H](C)C(=O)C[C@@H]12. The molecule has 27 heavy (non-hydrogen) atoms. The fourth-order valence-corrected chi connectivity index (χ4v) is 6.06. The average molecular weight is 388 g/mol. The molecule has 3 fully saturated rings. The molecule has 0 amide bonds. The highest BCUT2D eigenvalue weighted by atomic mass is 32.2. The van der Waals surface area contributed by atoms with Gasteiger partial charge in [-0.25, -0.2) is 0 Å². The molecular weight excluding hydrogens is 364 g/mol. The lowest BCUT2D eigenvalue weighted by molar-refractivity contribution is -0.146. The number of phenolic OH excluding ortho intramolecular Hbond substituents is 1. The van der Waals surface area contributed by atoms with Crippen molar-refractivity contribution in [3.63, 3.8) is 0 Å². The summed E-state index contributed by atoms with van der Waals surface area (Å²) in [6.45, 7) is 6.03. The Kier molecular flexibility index (Phi) is 4.80. The van der Waals surface area contributed by atoms with Crippen molar-refractivity contribution >= 4 is 23.5 Å². The van der Waals surface area contributed by atoms with Crippen molar-refractivity contribution in [3.05, 3.63) is 36.4 Å². The monoisotopic (exact) mass is 388 g/mol. The first-order valence-corrected chi connectivity index (χ1v) is 10.4. The Balaban J connectivity index is 1.58. The van der Waals surface area contributed by atoms with Crippen molar-refractivity contribution < 1.29 is 24.5 Å². The van der Waals surface area contributed by atoms with E-state index in [1.54, 1.807) is 24.3 Å². The molecule has 2 N–H and O–H groups in total. The third-order valence-corrected chi connectivity index (χ3v) is 7.59. The Morgan fingerprint density at radius 2 is 1.89 bits per heavy atom. The molecule has 1 heterocycles. The summed E-state index contributed by atoms with van der Waals surface area (Å²) in [6.07, 6.45) is -0.263. The van der Waals surface area contributed by atoms with Crippen LogP contribution >= 0.6 is 11.8 Å². The van der Waals surface area contributed by atoms with Crippen LogP contribution in [0.15, 0.2) is 41.3 Å². The highest BCUT2D eigenvalue weighted by Crippen LogP contribution is 2.52. The second-order valence-electron chi connectivity index (χ2n) is 7.96. The van der Waals surface area contributed by atoms with Gasteiger partial charge in [0.15, 0.2) is 0 Å². The van der Waals surface area contributed by atoms with E-state index in [4.69, 9.17) is 4.74 Å². The number of carbonyl (C=O) groups excluding carboxylic acids is 2. The molecule has 2 aliphatic carbocycles. The van der Waals surface area contributed by atoms with Crippen molar-refractivity contribution in [1.29, 1.82) is 0 Å². The van der Waals surface area contributed by atoms with Gasteiger partial charge in [0.2, 0.25) is 0 Å². The standard InChI is InChI=1S/C21H24O5S/c1-10-7-17(24)19-15(9-27-13-5-3-12(22)4-6-13)21(25)26-20(19)18-11(2)16(23)8-14(10)18/h3-6,11,14-15,17-20,22,24H,1,7-9H2,2H3/t11-,14+,15+,17+,18+,19-,20+/m1/s1. The van der Waals surface area contributed by atoms with Crippen molar-refractivity contribution in [1.82, 2.24) is 0 Å². The fourth-order valence-electron chi connectivity index (χ4n) is 5.00. The molecule has 144 valence electrons. The van der Waals surface area contributed by atoms with Gasteiger partial charge >= 0.3 is 5.97 Å². The number of carbonyl (C=O) groups is 2. The van der Waals surface area contributed by atoms with E-state index >= 15 is 0 Å². The van der Waals surface area contributed by atoms with E-state index in [1.807, 2.05) is 6.92 Å². The second-order valence-corrected chi connectivity index (χ2v) is 9.06. The molecule has 4 rings (SSSR count). The molecule has 3 aliphatic rings. The van der Waals surface area contributed by atoms with Gasteiger partial charge in [-0.05, 0) is 36.6 Å². The van der Waals surface area contributed by atoms with Crippen LogP contribution in [-0.2, 0) is 14.3 Å². The minimum atomic E-state index is -0.688. The Hall–Kier alpha value is -1.79. The number of aliphatic hydroxyl groups is 1. The highest BCUT2D eigenvalue weighted by molar-refractivity contribution is 7.99. The van der Waals surface area contributed by atoms with Gasteiger partial charge < -0.3 is 14.9 Å². The lowest BCUT2D eigenvalue weighted by atomic mass is 9.77. The first-order valence-electron chi connectivity index (χ1n) is 9.37. The molecule has 5 nitrogen and oxygen atoms in total. The first-order chi connectivity index (χ1) is 12.9. The number of Topliss-reactive ketones (excluding diaryl/α,β-unsaturated/α-hetero) is 1. The quantitative estimate of drug-likeness (QED) is 0.471. The van der Waals surface area contributed by atoms with Crippen LogP contribution in [0.5, 0.6) is 5.75 Å². The van der Waals surface area contributed by atoms with Gasteiger partial charge in [-0.2, -0.15) is 0 Å². The number of hydrogen-bond donors (Lipinski definition) is 2. The van der Waals surface area contributed by atoms with Crippen LogP contribution in [0, 0.1) is 29.6 Å². The Labute approximate surface area is 162 Å². The van der Waals surface area contributed by atoms with Crippen LogP contribution in [-0.4, -0.2) is 39.9 Å². The maximum atomic E-state index is 12.6. The Morgan fingerprint density at radius 3 is 2.59 bits per heavy atom. The lowest BCUT2D eigenvalue weighted by Gasteiger charge is -2.29. The maximum Gasteiger partial charge on any atom is 0.310 e. The van der Waals surface area contributed by atoms with Gasteiger partial charge in [0.1, 0.15) is 17.6 Å². The average Bonchev–Trinajstić information content (AvgIpc) is 3.08. The van der Waals surface area contributed by atoms with E-state index in [-0.39, 0.29) is 41.2 Å². The van der Waals surface area contributed by atoms with Gasteiger partial charge in [0.25, 0.3) is 0 Å². The summed E-state index contributed by atoms with van der Waals surface area (Å²) >= 11 is 1.51. The van der Waals surface area contributed by atoms with Crippen LogP contribution < -0.4 is 0 Å². The summed E-state index contributed by atoms with van der Waals surface area (Å²) in [7, 11) is 0. The summed E-state index contributed by atoms with van der Waals surface area (Å²) in [5.41, 5.74) is 0.903. The van der Waals surface area contributed by atoms with E-state index in [0.29, 0.717) is 18.6 Å².